The molecule has 0 atom stereocenters. The van der Waals surface area contributed by atoms with Gasteiger partial charge in [-0.05, 0) is 11.1 Å². The highest BCUT2D eigenvalue weighted by Crippen LogP contribution is 2.23. The van der Waals surface area contributed by atoms with Crippen molar-refractivity contribution in [1.29, 1.82) is 0 Å². The van der Waals surface area contributed by atoms with Crippen LogP contribution in [0.5, 0.6) is 0 Å². The van der Waals surface area contributed by atoms with E-state index < -0.39 is 15.2 Å². The van der Waals surface area contributed by atoms with E-state index in [-0.39, 0.29) is 11.9 Å². The minimum absolute atomic E-state index is 0.266. The highest BCUT2D eigenvalue weighted by Gasteiger charge is 2.45. The van der Waals surface area contributed by atoms with Gasteiger partial charge in [0.1, 0.15) is 13.2 Å². The van der Waals surface area contributed by atoms with E-state index in [4.69, 9.17) is 9.47 Å². The van der Waals surface area contributed by atoms with Crippen LogP contribution in [0.4, 0.5) is 0 Å². The van der Waals surface area contributed by atoms with Gasteiger partial charge in [0.05, 0.1) is 15.2 Å². The van der Waals surface area contributed by atoms with Crippen molar-refractivity contribution in [1.82, 2.24) is 0 Å². The molecule has 4 nitrogen and oxygen atoms in total. The molecule has 0 aliphatic rings. The Morgan fingerprint density at radius 1 is 0.679 bits per heavy atom. The summed E-state index contributed by atoms with van der Waals surface area (Å²) in [6.45, 7) is 13.1. The Kier molecular flexibility index (Phi) is 7.01. The van der Waals surface area contributed by atoms with E-state index in [2.05, 4.69) is 62.6 Å². The molecular formula is C22H30O4Si2. The van der Waals surface area contributed by atoms with E-state index in [9.17, 15) is 9.59 Å². The van der Waals surface area contributed by atoms with Crippen LogP contribution in [0.15, 0.2) is 48.5 Å². The van der Waals surface area contributed by atoms with Crippen molar-refractivity contribution in [3.05, 3.63) is 59.7 Å². The fourth-order valence-electron chi connectivity index (χ4n) is 3.54. The highest BCUT2D eigenvalue weighted by molar-refractivity contribution is 7.50. The summed E-state index contributed by atoms with van der Waals surface area (Å²) in [5.74, 6) is -0.532. The zero-order valence-electron chi connectivity index (χ0n) is 17.7. The molecule has 0 heterocycles. The monoisotopic (exact) mass is 414 g/mol. The maximum absolute atomic E-state index is 11.3. The molecule has 150 valence electrons. The van der Waals surface area contributed by atoms with Crippen molar-refractivity contribution >= 4 is 37.5 Å². The van der Waals surface area contributed by atoms with E-state index >= 15 is 0 Å². The Morgan fingerprint density at radius 2 is 1.00 bits per heavy atom. The van der Waals surface area contributed by atoms with Gasteiger partial charge in [-0.3, -0.25) is 9.59 Å². The van der Waals surface area contributed by atoms with Crippen molar-refractivity contribution in [2.24, 2.45) is 0 Å². The van der Waals surface area contributed by atoms with E-state index in [0.717, 1.165) is 11.1 Å². The topological polar surface area (TPSA) is 52.6 Å². The number of hydrogen-bond acceptors (Lipinski definition) is 4. The molecule has 0 saturated carbocycles. The number of rotatable bonds is 7. The number of ether oxygens (including phenoxy) is 2. The second-order valence-electron chi connectivity index (χ2n) is 8.12. The third-order valence-corrected chi connectivity index (χ3v) is 23.6. The van der Waals surface area contributed by atoms with Gasteiger partial charge in [0, 0.05) is 13.8 Å². The Balaban J connectivity index is 2.48. The quantitative estimate of drug-likeness (QED) is 0.515. The minimum Gasteiger partial charge on any atom is -0.461 e. The molecule has 28 heavy (non-hydrogen) atoms. The van der Waals surface area contributed by atoms with E-state index in [1.54, 1.807) is 0 Å². The first-order valence-electron chi connectivity index (χ1n) is 9.51. The lowest BCUT2D eigenvalue weighted by Gasteiger charge is -2.41. The zero-order chi connectivity index (χ0) is 20.9. The Bertz CT molecular complexity index is 788. The van der Waals surface area contributed by atoms with Crippen molar-refractivity contribution in [3.63, 3.8) is 0 Å². The molecule has 0 fully saturated rings. The molecule has 0 radical (unpaired) electrons. The predicted molar refractivity (Wildman–Crippen MR) is 118 cm³/mol. The molecule has 2 aromatic rings. The fraction of sp³-hybridized carbons (Fsp3) is 0.364. The normalized spacial score (nSPS) is 11.8. The molecule has 0 aliphatic carbocycles. The van der Waals surface area contributed by atoms with Crippen LogP contribution in [0.2, 0.25) is 26.2 Å². The summed E-state index contributed by atoms with van der Waals surface area (Å²) in [5.41, 5.74) is 2.18. The summed E-state index contributed by atoms with van der Waals surface area (Å²) in [6, 6.07) is 16.6. The first kappa shape index (κ1) is 22.1. The fourth-order valence-corrected chi connectivity index (χ4v) is 13.3. The molecule has 0 spiro atoms. The average Bonchev–Trinajstić information content (AvgIpc) is 2.64. The van der Waals surface area contributed by atoms with Gasteiger partial charge in [-0.2, -0.15) is 0 Å². The summed E-state index contributed by atoms with van der Waals surface area (Å²) in [4.78, 5) is 22.6. The minimum atomic E-state index is -1.94. The van der Waals surface area contributed by atoms with Crippen molar-refractivity contribution in [3.8, 4) is 0 Å². The summed E-state index contributed by atoms with van der Waals surface area (Å²) < 4.78 is 10.6. The molecule has 0 bridgehead atoms. The SMILES string of the molecule is CC(=O)OCc1ccccc1[Si](C)(C)[Si](C)(C)c1ccccc1COC(C)=O. The van der Waals surface area contributed by atoms with Crippen LogP contribution in [0, 0.1) is 0 Å². The average molecular weight is 415 g/mol. The smallest absolute Gasteiger partial charge is 0.302 e. The van der Waals surface area contributed by atoms with E-state index in [0.29, 0.717) is 13.2 Å². The maximum atomic E-state index is 11.3. The second-order valence-corrected chi connectivity index (χ2v) is 23.2. The van der Waals surface area contributed by atoms with Crippen molar-refractivity contribution in [2.75, 3.05) is 0 Å². The van der Waals surface area contributed by atoms with Crippen LogP contribution in [-0.4, -0.2) is 27.1 Å². The molecule has 0 aromatic heterocycles. The third kappa shape index (κ3) is 4.80. The van der Waals surface area contributed by atoms with Crippen LogP contribution in [0.3, 0.4) is 0 Å². The number of benzene rings is 2. The molecule has 0 unspecified atom stereocenters. The van der Waals surface area contributed by atoms with Gasteiger partial charge in [-0.15, -0.1) is 0 Å². The lowest BCUT2D eigenvalue weighted by molar-refractivity contribution is -0.143. The lowest BCUT2D eigenvalue weighted by Crippen LogP contribution is -2.70. The van der Waals surface area contributed by atoms with Gasteiger partial charge in [0.25, 0.3) is 0 Å². The Hall–Kier alpha value is -2.19. The number of carbonyl (C=O) groups excluding carboxylic acids is 2. The van der Waals surface area contributed by atoms with Crippen LogP contribution in [0.25, 0.3) is 0 Å². The molecule has 0 saturated heterocycles. The number of esters is 2. The van der Waals surface area contributed by atoms with Gasteiger partial charge in [0.15, 0.2) is 0 Å². The third-order valence-electron chi connectivity index (χ3n) is 5.81. The highest BCUT2D eigenvalue weighted by atomic mass is 29.3. The largest absolute Gasteiger partial charge is 0.461 e. The van der Waals surface area contributed by atoms with Gasteiger partial charge in [-0.1, -0.05) is 85.1 Å². The van der Waals surface area contributed by atoms with Gasteiger partial charge >= 0.3 is 11.9 Å². The number of hydrogen-bond donors (Lipinski definition) is 0. The Labute approximate surface area is 169 Å². The summed E-state index contributed by atoms with van der Waals surface area (Å²) in [7, 11) is -3.89. The van der Waals surface area contributed by atoms with Crippen molar-refractivity contribution < 1.29 is 19.1 Å². The Morgan fingerprint density at radius 3 is 1.32 bits per heavy atom. The van der Waals surface area contributed by atoms with E-state index in [1.165, 1.54) is 24.2 Å². The molecule has 0 amide bonds. The standard InChI is InChI=1S/C22H30O4Si2/c1-17(23)25-15-19-11-7-9-13-21(19)27(3,4)28(5,6)22-14-10-8-12-20(22)16-26-18(2)24/h7-14H,15-16H2,1-6H3. The van der Waals surface area contributed by atoms with Gasteiger partial charge in [-0.25, -0.2) is 0 Å². The van der Waals surface area contributed by atoms with Crippen LogP contribution in [-0.2, 0) is 32.3 Å². The van der Waals surface area contributed by atoms with Crippen LogP contribution in [0.1, 0.15) is 25.0 Å². The zero-order valence-corrected chi connectivity index (χ0v) is 19.7. The van der Waals surface area contributed by atoms with Crippen LogP contribution < -0.4 is 10.4 Å². The molecule has 6 heteroatoms. The first-order chi connectivity index (χ1) is 13.1. The first-order valence-corrected chi connectivity index (χ1v) is 16.5. The maximum Gasteiger partial charge on any atom is 0.302 e. The summed E-state index contributed by atoms with van der Waals surface area (Å²) in [5, 5.41) is 2.66. The van der Waals surface area contributed by atoms with Crippen molar-refractivity contribution in [2.45, 2.75) is 53.2 Å². The molecule has 0 aliphatic heterocycles. The van der Waals surface area contributed by atoms with Gasteiger partial charge in [0.2, 0.25) is 0 Å². The summed E-state index contributed by atoms with van der Waals surface area (Å²) in [6.07, 6.45) is 0. The predicted octanol–water partition coefficient (Wildman–Crippen LogP) is 3.42. The lowest BCUT2D eigenvalue weighted by atomic mass is 10.2. The molecule has 2 aromatic carbocycles. The number of carbonyl (C=O) groups is 2. The van der Waals surface area contributed by atoms with Crippen LogP contribution >= 0.6 is 0 Å². The molecular weight excluding hydrogens is 384 g/mol. The molecule has 2 rings (SSSR count). The second kappa shape index (κ2) is 8.88. The van der Waals surface area contributed by atoms with Gasteiger partial charge < -0.3 is 9.47 Å². The van der Waals surface area contributed by atoms with E-state index in [1.807, 2.05) is 12.1 Å². The summed E-state index contributed by atoms with van der Waals surface area (Å²) >= 11 is 0. The molecule has 0 N–H and O–H groups in total.